The zero-order valence-corrected chi connectivity index (χ0v) is 23.9. The quantitative estimate of drug-likeness (QED) is 0.144. The number of Topliss-reactive ketones (excluding diaryl/α,β-unsaturated/α-hetero) is 3. The monoisotopic (exact) mass is 492 g/mol. The first-order valence-corrected chi connectivity index (χ1v) is 13.4. The van der Waals surface area contributed by atoms with Gasteiger partial charge in [0.1, 0.15) is 5.78 Å². The van der Waals surface area contributed by atoms with E-state index in [9.17, 15) is 19.2 Å². The van der Waals surface area contributed by atoms with E-state index in [0.717, 1.165) is 38.0 Å². The highest BCUT2D eigenvalue weighted by atomic mass is 16.5. The number of hydrogen-bond donors (Lipinski definition) is 0. The molecule has 0 aromatic rings. The topological polar surface area (TPSA) is 77.5 Å². The summed E-state index contributed by atoms with van der Waals surface area (Å²) in [6, 6.07) is 0. The van der Waals surface area contributed by atoms with Gasteiger partial charge < -0.3 is 9.53 Å². The van der Waals surface area contributed by atoms with E-state index in [2.05, 4.69) is 32.9 Å². The Labute approximate surface area is 215 Å². The zero-order valence-electron chi connectivity index (χ0n) is 23.9. The number of esters is 1. The normalized spacial score (nSPS) is 15.5. The van der Waals surface area contributed by atoms with Gasteiger partial charge in [0.15, 0.2) is 5.78 Å². The van der Waals surface area contributed by atoms with Gasteiger partial charge in [0.25, 0.3) is 0 Å². The van der Waals surface area contributed by atoms with Crippen LogP contribution in [0.15, 0.2) is 24.3 Å². The molecule has 3 atom stereocenters. The van der Waals surface area contributed by atoms with Crippen LogP contribution < -0.4 is 0 Å². The fourth-order valence-corrected chi connectivity index (χ4v) is 3.41. The van der Waals surface area contributed by atoms with E-state index in [1.54, 1.807) is 6.92 Å². The van der Waals surface area contributed by atoms with Gasteiger partial charge in [-0.15, -0.1) is 0 Å². The Hall–Kier alpha value is -2.04. The Bertz CT molecular complexity index is 670. The molecule has 0 saturated heterocycles. The first-order valence-electron chi connectivity index (χ1n) is 13.4. The van der Waals surface area contributed by atoms with E-state index in [-0.39, 0.29) is 41.1 Å². The minimum absolute atomic E-state index is 0.00812. The van der Waals surface area contributed by atoms with Gasteiger partial charge in [0.2, 0.25) is 5.78 Å². The fourth-order valence-electron chi connectivity index (χ4n) is 3.41. The van der Waals surface area contributed by atoms with Crippen LogP contribution in [0.5, 0.6) is 0 Å². The molecule has 1 fully saturated rings. The summed E-state index contributed by atoms with van der Waals surface area (Å²) in [5, 5.41) is 0. The Balaban J connectivity index is 0. The first-order chi connectivity index (χ1) is 16.5. The minimum Gasteiger partial charge on any atom is -0.469 e. The third-order valence-electron chi connectivity index (χ3n) is 6.18. The van der Waals surface area contributed by atoms with E-state index in [4.69, 9.17) is 4.74 Å². The lowest BCUT2D eigenvalue weighted by Gasteiger charge is -2.18. The van der Waals surface area contributed by atoms with Crippen molar-refractivity contribution < 1.29 is 23.9 Å². The van der Waals surface area contributed by atoms with Gasteiger partial charge in [0.05, 0.1) is 13.0 Å². The van der Waals surface area contributed by atoms with Crippen LogP contribution in [0.3, 0.4) is 0 Å². The largest absolute Gasteiger partial charge is 0.469 e. The number of carbonyl (C=O) groups is 4. The van der Waals surface area contributed by atoms with Crippen molar-refractivity contribution in [1.82, 2.24) is 0 Å². The molecule has 0 aromatic heterocycles. The van der Waals surface area contributed by atoms with E-state index in [1.807, 2.05) is 32.9 Å². The lowest BCUT2D eigenvalue weighted by atomic mass is 9.85. The average Bonchev–Trinajstić information content (AvgIpc) is 3.64. The molecule has 1 saturated carbocycles. The molecule has 202 valence electrons. The molecule has 35 heavy (non-hydrogen) atoms. The number of rotatable bonds is 14. The SMILES string of the molecule is CC(=O)C(=O)C(CC1CC1)C(C)C.CC/C=C\C=C/C(C)C(CCCC)C(=O)OC.CCC(C)=O. The summed E-state index contributed by atoms with van der Waals surface area (Å²) < 4.78 is 4.87. The highest BCUT2D eigenvalue weighted by Gasteiger charge is 2.32. The molecule has 1 aliphatic rings. The van der Waals surface area contributed by atoms with Crippen molar-refractivity contribution in [1.29, 1.82) is 0 Å². The molecule has 3 unspecified atom stereocenters. The van der Waals surface area contributed by atoms with Crippen molar-refractivity contribution in [3.8, 4) is 0 Å². The molecular formula is C30H52O5. The highest BCUT2D eigenvalue weighted by Crippen LogP contribution is 2.37. The van der Waals surface area contributed by atoms with Crippen LogP contribution in [0, 0.1) is 29.6 Å². The van der Waals surface area contributed by atoms with Crippen molar-refractivity contribution >= 4 is 23.3 Å². The smallest absolute Gasteiger partial charge is 0.309 e. The summed E-state index contributed by atoms with van der Waals surface area (Å²) in [5.41, 5.74) is 0. The molecule has 0 amide bonds. The summed E-state index contributed by atoms with van der Waals surface area (Å²) in [5.74, 6) is 0.945. The second-order valence-corrected chi connectivity index (χ2v) is 9.86. The second kappa shape index (κ2) is 21.3. The van der Waals surface area contributed by atoms with Crippen LogP contribution in [-0.4, -0.2) is 30.4 Å². The molecule has 0 radical (unpaired) electrons. The lowest BCUT2D eigenvalue weighted by molar-refractivity contribution is -0.147. The lowest BCUT2D eigenvalue weighted by Crippen LogP contribution is -2.26. The van der Waals surface area contributed by atoms with Gasteiger partial charge in [0, 0.05) is 19.3 Å². The van der Waals surface area contributed by atoms with Gasteiger partial charge in [-0.2, -0.15) is 0 Å². The van der Waals surface area contributed by atoms with Crippen molar-refractivity contribution in [2.45, 2.75) is 107 Å². The maximum absolute atomic E-state index is 11.7. The Kier molecular flexibility index (Phi) is 21.3. The predicted molar refractivity (Wildman–Crippen MR) is 145 cm³/mol. The maximum Gasteiger partial charge on any atom is 0.309 e. The molecule has 0 bridgehead atoms. The standard InChI is InChI=1S/C15H26O2.C11H18O2.C4H8O/c1-5-7-9-10-11-13(3)14(12-8-6-2)15(16)17-4;1-7(2)10(6-9-4-5-9)11(13)8(3)12;1-3-4(2)5/h7,9-11,13-14H,5-6,8,12H2,1-4H3;7,9-10H,4-6H2,1-3H3;3H2,1-2H3/b9-7-,11-10-;;. The van der Waals surface area contributed by atoms with Gasteiger partial charge in [-0.25, -0.2) is 0 Å². The fraction of sp³-hybridized carbons (Fsp3) is 0.733. The van der Waals surface area contributed by atoms with Crippen molar-refractivity contribution in [2.24, 2.45) is 29.6 Å². The van der Waals surface area contributed by atoms with E-state index >= 15 is 0 Å². The zero-order chi connectivity index (χ0) is 27.4. The molecule has 5 heteroatoms. The average molecular weight is 493 g/mol. The van der Waals surface area contributed by atoms with Crippen molar-refractivity contribution in [3.63, 3.8) is 0 Å². The van der Waals surface area contributed by atoms with Gasteiger partial charge in [-0.05, 0) is 43.9 Å². The molecule has 0 heterocycles. The predicted octanol–water partition coefficient (Wildman–Crippen LogP) is 7.33. The van der Waals surface area contributed by atoms with Crippen molar-refractivity contribution in [2.75, 3.05) is 7.11 Å². The van der Waals surface area contributed by atoms with Crippen LogP contribution >= 0.6 is 0 Å². The third kappa shape index (κ3) is 18.9. The number of methoxy groups -OCH3 is 1. The molecule has 5 nitrogen and oxygen atoms in total. The third-order valence-corrected chi connectivity index (χ3v) is 6.18. The Morgan fingerprint density at radius 3 is 1.89 bits per heavy atom. The van der Waals surface area contributed by atoms with Gasteiger partial charge in [-0.3, -0.25) is 14.4 Å². The molecule has 1 aliphatic carbocycles. The second-order valence-electron chi connectivity index (χ2n) is 9.86. The van der Waals surface area contributed by atoms with Crippen LogP contribution in [0.25, 0.3) is 0 Å². The summed E-state index contributed by atoms with van der Waals surface area (Å²) in [6.45, 7) is 15.2. The summed E-state index contributed by atoms with van der Waals surface area (Å²) >= 11 is 0. The molecular weight excluding hydrogens is 440 g/mol. The van der Waals surface area contributed by atoms with Crippen LogP contribution in [0.4, 0.5) is 0 Å². The van der Waals surface area contributed by atoms with E-state index in [0.29, 0.717) is 12.3 Å². The van der Waals surface area contributed by atoms with E-state index < -0.39 is 0 Å². The highest BCUT2D eigenvalue weighted by molar-refractivity contribution is 6.37. The Morgan fingerprint density at radius 1 is 0.943 bits per heavy atom. The molecule has 0 N–H and O–H groups in total. The number of allylic oxidation sites excluding steroid dienone is 4. The molecule has 0 spiro atoms. The number of carbonyl (C=O) groups excluding carboxylic acids is 4. The minimum atomic E-state index is -0.278. The van der Waals surface area contributed by atoms with Crippen LogP contribution in [0.1, 0.15) is 107 Å². The van der Waals surface area contributed by atoms with E-state index in [1.165, 1.54) is 26.9 Å². The summed E-state index contributed by atoms with van der Waals surface area (Å²) in [7, 11) is 1.47. The van der Waals surface area contributed by atoms with Gasteiger partial charge in [-0.1, -0.05) is 91.5 Å². The Morgan fingerprint density at radius 2 is 1.51 bits per heavy atom. The number of ketones is 3. The summed E-state index contributed by atoms with van der Waals surface area (Å²) in [4.78, 5) is 43.9. The number of ether oxygens (including phenoxy) is 1. The number of unbranched alkanes of at least 4 members (excludes halogenated alkanes) is 1. The van der Waals surface area contributed by atoms with Crippen molar-refractivity contribution in [3.05, 3.63) is 24.3 Å². The molecule has 0 aromatic carbocycles. The van der Waals surface area contributed by atoms with Crippen LogP contribution in [-0.2, 0) is 23.9 Å². The molecule has 1 rings (SSSR count). The number of hydrogen-bond acceptors (Lipinski definition) is 5. The summed E-state index contributed by atoms with van der Waals surface area (Å²) in [6.07, 6.45) is 16.5. The maximum atomic E-state index is 11.7. The van der Waals surface area contributed by atoms with Gasteiger partial charge >= 0.3 is 5.97 Å². The van der Waals surface area contributed by atoms with Crippen LogP contribution in [0.2, 0.25) is 0 Å². The molecule has 0 aliphatic heterocycles. The first kappa shape index (κ1) is 35.1.